The molecule has 0 bridgehead atoms. The number of aromatic nitrogens is 1. The highest BCUT2D eigenvalue weighted by atomic mass is 16.6. The van der Waals surface area contributed by atoms with Crippen LogP contribution in [0.2, 0.25) is 0 Å². The van der Waals surface area contributed by atoms with E-state index in [1.54, 1.807) is 14.2 Å². The van der Waals surface area contributed by atoms with Crippen molar-refractivity contribution in [2.24, 2.45) is 0 Å². The number of carbonyl (C=O) groups is 2. The quantitative estimate of drug-likeness (QED) is 0.518. The lowest BCUT2D eigenvalue weighted by atomic mass is 10.1. The van der Waals surface area contributed by atoms with E-state index >= 15 is 0 Å². The molecule has 2 aromatic rings. The number of hydrogen-bond donors (Lipinski definition) is 1. The average Bonchev–Trinajstić information content (AvgIpc) is 2.99. The molecule has 1 aromatic heterocycles. The Morgan fingerprint density at radius 2 is 1.56 bits per heavy atom. The molecule has 0 radical (unpaired) electrons. The van der Waals surface area contributed by atoms with Crippen molar-refractivity contribution in [2.75, 3.05) is 40.6 Å². The largest absolute Gasteiger partial charge is 0.463 e. The third-order valence-electron chi connectivity index (χ3n) is 3.57. The normalized spacial score (nSPS) is 10.8. The van der Waals surface area contributed by atoms with Crippen LogP contribution in [0.15, 0.2) is 24.3 Å². The molecular weight excluding hydrogens is 326 g/mol. The van der Waals surface area contributed by atoms with Gasteiger partial charge < -0.3 is 23.9 Å². The van der Waals surface area contributed by atoms with E-state index in [1.165, 1.54) is 0 Å². The summed E-state index contributed by atoms with van der Waals surface area (Å²) in [6.45, 7) is 1.20. The van der Waals surface area contributed by atoms with Gasteiger partial charge in [0.25, 0.3) is 0 Å². The van der Waals surface area contributed by atoms with E-state index in [9.17, 15) is 9.59 Å². The molecule has 2 rings (SSSR count). The summed E-state index contributed by atoms with van der Waals surface area (Å²) in [5.74, 6) is -0.649. The zero-order valence-electron chi connectivity index (χ0n) is 14.5. The molecule has 0 unspecified atom stereocenters. The van der Waals surface area contributed by atoms with Crippen LogP contribution < -0.4 is 0 Å². The smallest absolute Gasteiger partial charge is 0.311 e. The molecule has 1 heterocycles. The number of aromatic amines is 1. The molecule has 0 aliphatic heterocycles. The van der Waals surface area contributed by atoms with Gasteiger partial charge in [-0.25, -0.2) is 0 Å². The fourth-order valence-electron chi connectivity index (χ4n) is 2.41. The summed E-state index contributed by atoms with van der Waals surface area (Å²) >= 11 is 0. The van der Waals surface area contributed by atoms with Crippen molar-refractivity contribution in [3.63, 3.8) is 0 Å². The summed E-state index contributed by atoms with van der Waals surface area (Å²) in [6.07, 6.45) is 0.287. The van der Waals surface area contributed by atoms with Gasteiger partial charge in [0.05, 0.1) is 26.1 Å². The second-order valence-electron chi connectivity index (χ2n) is 5.46. The van der Waals surface area contributed by atoms with Gasteiger partial charge in [0.2, 0.25) is 0 Å². The molecule has 0 aliphatic rings. The molecule has 7 heteroatoms. The predicted molar refractivity (Wildman–Crippen MR) is 91.4 cm³/mol. The lowest BCUT2D eigenvalue weighted by Gasteiger charge is -2.05. The Hall–Kier alpha value is -2.38. The van der Waals surface area contributed by atoms with Gasteiger partial charge in [0, 0.05) is 25.4 Å². The molecule has 1 N–H and O–H groups in total. The maximum atomic E-state index is 11.9. The molecule has 0 atom stereocenters. The lowest BCUT2D eigenvalue weighted by molar-refractivity contribution is -0.145. The lowest BCUT2D eigenvalue weighted by Crippen LogP contribution is -2.12. The molecule has 0 aliphatic carbocycles. The summed E-state index contributed by atoms with van der Waals surface area (Å²) in [6, 6.07) is 7.53. The first-order valence-corrected chi connectivity index (χ1v) is 8.02. The minimum absolute atomic E-state index is 0.135. The highest BCUT2D eigenvalue weighted by molar-refractivity contribution is 5.88. The second kappa shape index (κ2) is 9.80. The van der Waals surface area contributed by atoms with Crippen LogP contribution in [-0.2, 0) is 41.4 Å². The van der Waals surface area contributed by atoms with E-state index in [0.717, 1.165) is 22.2 Å². The maximum absolute atomic E-state index is 11.9. The number of ether oxygens (including phenoxy) is 4. The first-order valence-electron chi connectivity index (χ1n) is 8.02. The first kappa shape index (κ1) is 19.0. The SMILES string of the molecule is COCCOC(=O)Cc1cc2cccc(CC(=O)OCCOC)c2[nH]1. The molecule has 25 heavy (non-hydrogen) atoms. The molecular formula is C18H23NO6. The third-order valence-corrected chi connectivity index (χ3v) is 3.57. The summed E-state index contributed by atoms with van der Waals surface area (Å²) in [5.41, 5.74) is 2.38. The van der Waals surface area contributed by atoms with E-state index in [4.69, 9.17) is 18.9 Å². The predicted octanol–water partition coefficient (Wildman–Crippen LogP) is 1.63. The van der Waals surface area contributed by atoms with Gasteiger partial charge in [-0.2, -0.15) is 0 Å². The summed E-state index contributed by atoms with van der Waals surface area (Å²) in [5, 5.41) is 0.932. The minimum atomic E-state index is -0.330. The van der Waals surface area contributed by atoms with Gasteiger partial charge in [0.15, 0.2) is 0 Å². The van der Waals surface area contributed by atoms with Crippen LogP contribution in [0.25, 0.3) is 10.9 Å². The molecule has 0 saturated heterocycles. The fraction of sp³-hybridized carbons (Fsp3) is 0.444. The zero-order valence-corrected chi connectivity index (χ0v) is 14.5. The zero-order chi connectivity index (χ0) is 18.1. The third kappa shape index (κ3) is 5.88. The minimum Gasteiger partial charge on any atom is -0.463 e. The van der Waals surface area contributed by atoms with E-state index in [2.05, 4.69) is 4.98 Å². The summed E-state index contributed by atoms with van der Waals surface area (Å²) < 4.78 is 19.9. The molecule has 1 aromatic carbocycles. The Balaban J connectivity index is 2.01. The van der Waals surface area contributed by atoms with Crippen LogP contribution in [0.5, 0.6) is 0 Å². The van der Waals surface area contributed by atoms with E-state index in [-0.39, 0.29) is 38.0 Å². The monoisotopic (exact) mass is 349 g/mol. The molecule has 0 amide bonds. The van der Waals surface area contributed by atoms with Crippen LogP contribution in [0, 0.1) is 0 Å². The molecule has 0 spiro atoms. The average molecular weight is 349 g/mol. The van der Waals surface area contributed by atoms with Crippen molar-refractivity contribution in [2.45, 2.75) is 12.8 Å². The highest BCUT2D eigenvalue weighted by Gasteiger charge is 2.12. The highest BCUT2D eigenvalue weighted by Crippen LogP contribution is 2.21. The fourth-order valence-corrected chi connectivity index (χ4v) is 2.41. The van der Waals surface area contributed by atoms with Gasteiger partial charge in [-0.05, 0) is 17.0 Å². The number of para-hydroxylation sites is 1. The van der Waals surface area contributed by atoms with E-state index in [1.807, 2.05) is 24.3 Å². The first-order chi connectivity index (χ1) is 12.1. The van der Waals surface area contributed by atoms with Gasteiger partial charge in [-0.15, -0.1) is 0 Å². The van der Waals surface area contributed by atoms with Crippen LogP contribution in [0.1, 0.15) is 11.3 Å². The second-order valence-corrected chi connectivity index (χ2v) is 5.46. The van der Waals surface area contributed by atoms with Crippen LogP contribution >= 0.6 is 0 Å². The van der Waals surface area contributed by atoms with Gasteiger partial charge >= 0.3 is 11.9 Å². The van der Waals surface area contributed by atoms with Crippen molar-refractivity contribution >= 4 is 22.8 Å². The summed E-state index contributed by atoms with van der Waals surface area (Å²) in [7, 11) is 3.10. The van der Waals surface area contributed by atoms with Gasteiger partial charge in [0.1, 0.15) is 13.2 Å². The number of fused-ring (bicyclic) bond motifs is 1. The molecule has 136 valence electrons. The number of hydrogen-bond acceptors (Lipinski definition) is 6. The number of benzene rings is 1. The number of carbonyl (C=O) groups excluding carboxylic acids is 2. The van der Waals surface area contributed by atoms with Crippen molar-refractivity contribution in [1.82, 2.24) is 4.98 Å². The van der Waals surface area contributed by atoms with Crippen molar-refractivity contribution in [3.05, 3.63) is 35.5 Å². The Morgan fingerprint density at radius 1 is 0.920 bits per heavy atom. The number of esters is 2. The van der Waals surface area contributed by atoms with Crippen molar-refractivity contribution < 1.29 is 28.5 Å². The number of rotatable bonds is 10. The standard InChI is InChI=1S/C18H23NO6/c1-22-6-8-24-16(20)11-14-5-3-4-13-10-15(19-18(13)14)12-17(21)25-9-7-23-2/h3-5,10,19H,6-9,11-12H2,1-2H3. The summed E-state index contributed by atoms with van der Waals surface area (Å²) in [4.78, 5) is 26.9. The van der Waals surface area contributed by atoms with Crippen molar-refractivity contribution in [3.8, 4) is 0 Å². The van der Waals surface area contributed by atoms with Gasteiger partial charge in [-0.3, -0.25) is 9.59 Å². The van der Waals surface area contributed by atoms with E-state index < -0.39 is 0 Å². The number of nitrogens with one attached hydrogen (secondary N) is 1. The molecule has 7 nitrogen and oxygen atoms in total. The van der Waals surface area contributed by atoms with Crippen LogP contribution in [-0.4, -0.2) is 57.6 Å². The van der Waals surface area contributed by atoms with Crippen LogP contribution in [0.4, 0.5) is 0 Å². The Kier molecular flexibility index (Phi) is 7.43. The Labute approximate surface area is 146 Å². The van der Waals surface area contributed by atoms with Gasteiger partial charge in [-0.1, -0.05) is 18.2 Å². The molecule has 0 fully saturated rings. The van der Waals surface area contributed by atoms with Crippen molar-refractivity contribution in [1.29, 1.82) is 0 Å². The Morgan fingerprint density at radius 3 is 2.20 bits per heavy atom. The topological polar surface area (TPSA) is 86.8 Å². The number of methoxy groups -OCH3 is 2. The maximum Gasteiger partial charge on any atom is 0.311 e. The van der Waals surface area contributed by atoms with Crippen LogP contribution in [0.3, 0.4) is 0 Å². The molecule has 0 saturated carbocycles. The number of H-pyrrole nitrogens is 1. The van der Waals surface area contributed by atoms with E-state index in [0.29, 0.717) is 13.2 Å². The Bertz CT molecular complexity index is 709.